The van der Waals surface area contributed by atoms with Crippen molar-refractivity contribution in [2.75, 3.05) is 0 Å². The Labute approximate surface area is 198 Å². The van der Waals surface area contributed by atoms with Crippen molar-refractivity contribution in [1.82, 2.24) is 0 Å². The predicted molar refractivity (Wildman–Crippen MR) is 142 cm³/mol. The van der Waals surface area contributed by atoms with Gasteiger partial charge in [-0.2, -0.15) is 0 Å². The fourth-order valence-corrected chi connectivity index (χ4v) is 16.9. The summed E-state index contributed by atoms with van der Waals surface area (Å²) in [6.07, 6.45) is 9.80. The number of para-hydroxylation sites is 1. The van der Waals surface area contributed by atoms with E-state index < -0.39 is 17.3 Å². The Balaban J connectivity index is 0.000000318. The van der Waals surface area contributed by atoms with E-state index >= 15 is 0 Å². The Bertz CT molecular complexity index is 749. The van der Waals surface area contributed by atoms with Crippen molar-refractivity contribution in [3.8, 4) is 5.75 Å². The second-order valence-corrected chi connectivity index (χ2v) is 24.9. The number of aliphatic imine (C=N–C) groups is 1. The monoisotopic (exact) mass is 551 g/mol. The van der Waals surface area contributed by atoms with Crippen LogP contribution < -0.4 is 0 Å². The second-order valence-electron chi connectivity index (χ2n) is 8.62. The fourth-order valence-electron chi connectivity index (χ4n) is 3.62. The van der Waals surface area contributed by atoms with Gasteiger partial charge in [0, 0.05) is 11.8 Å². The van der Waals surface area contributed by atoms with Crippen molar-refractivity contribution < 1.29 is 5.11 Å². The number of hydrogen-bond acceptors (Lipinski definition) is 2. The molecule has 0 saturated carbocycles. The summed E-state index contributed by atoms with van der Waals surface area (Å²) in [6, 6.07) is 13.3. The van der Waals surface area contributed by atoms with Crippen LogP contribution in [0, 0.1) is 13.8 Å². The van der Waals surface area contributed by atoms with Crippen LogP contribution >= 0.6 is 8.92 Å². The molecule has 0 heterocycles. The molecule has 0 radical (unpaired) electrons. The van der Waals surface area contributed by atoms with Gasteiger partial charge in [-0.1, -0.05) is 18.2 Å². The van der Waals surface area contributed by atoms with E-state index in [1.165, 1.54) is 63.0 Å². The molecule has 1 N–H and O–H groups in total. The molecule has 0 aromatic heterocycles. The number of unbranched alkanes of at least 4 members (excludes halogenated alkanes) is 3. The average molecular weight is 551 g/mol. The molecule has 4 heteroatoms. The zero-order valence-corrected chi connectivity index (χ0v) is 23.9. The Morgan fingerprint density at radius 1 is 0.839 bits per heavy atom. The number of nitrogens with zero attached hydrogens (tertiary/aromatic N) is 1. The van der Waals surface area contributed by atoms with Crippen LogP contribution in [0.15, 0.2) is 47.5 Å². The molecule has 31 heavy (non-hydrogen) atoms. The minimum Gasteiger partial charge on any atom is -0.507 e. The second kappa shape index (κ2) is 15.7. The van der Waals surface area contributed by atoms with Crippen LogP contribution in [0.2, 0.25) is 13.3 Å². The first kappa shape index (κ1) is 28.0. The van der Waals surface area contributed by atoms with Gasteiger partial charge < -0.3 is 5.11 Å². The summed E-state index contributed by atoms with van der Waals surface area (Å²) in [7, 11) is 6.89. The normalized spacial score (nSPS) is 11.4. The van der Waals surface area contributed by atoms with Gasteiger partial charge in [-0.05, 0) is 49.2 Å². The summed E-state index contributed by atoms with van der Waals surface area (Å²) in [5.41, 5.74) is 4.02. The minimum absolute atomic E-state index is 0.251. The molecule has 0 amide bonds. The number of rotatable bonds is 11. The number of phenolic OH excluding ortho intramolecular Hbond substituents is 1. The van der Waals surface area contributed by atoms with Crippen LogP contribution in [0.4, 0.5) is 5.69 Å². The van der Waals surface area contributed by atoms with Gasteiger partial charge in [0.25, 0.3) is 0 Å². The predicted octanol–water partition coefficient (Wildman–Crippen LogP) is 9.33. The van der Waals surface area contributed by atoms with Gasteiger partial charge in [-0.15, -0.1) is 0 Å². The van der Waals surface area contributed by atoms with Crippen LogP contribution in [0.1, 0.15) is 76.0 Å². The standard InChI is InChI=1S/C15H15NO.3C4H9.ClH.Sn/c1-11-7-12(2)9-14(8-11)16-10-13-5-3-4-6-15(13)17;3*1-3-4-2;;/h3-10,17H,1-2H3;3*1,3-4H2,2H3;1H;/q;;;;;+1/p-1. The Morgan fingerprint density at radius 2 is 1.32 bits per heavy atom. The van der Waals surface area contributed by atoms with E-state index in [0.717, 1.165) is 11.3 Å². The first-order chi connectivity index (χ1) is 14.8. The summed E-state index contributed by atoms with van der Waals surface area (Å²) in [5, 5.41) is 9.61. The Morgan fingerprint density at radius 3 is 1.77 bits per heavy atom. The first-order valence-electron chi connectivity index (χ1n) is 11.9. The maximum atomic E-state index is 9.61. The van der Waals surface area contributed by atoms with E-state index in [1.54, 1.807) is 18.3 Å². The number of hydrogen-bond donors (Lipinski definition) is 1. The van der Waals surface area contributed by atoms with E-state index in [-0.39, 0.29) is 5.75 Å². The molecule has 2 rings (SSSR count). The molecule has 0 bridgehead atoms. The molecule has 0 unspecified atom stereocenters. The van der Waals surface area contributed by atoms with Gasteiger partial charge in [0.2, 0.25) is 0 Å². The third-order valence-corrected chi connectivity index (χ3v) is 19.9. The average Bonchev–Trinajstić information content (AvgIpc) is 2.74. The first-order valence-corrected chi connectivity index (χ1v) is 21.6. The van der Waals surface area contributed by atoms with Crippen LogP contribution in [-0.4, -0.2) is 28.6 Å². The van der Waals surface area contributed by atoms with Crippen molar-refractivity contribution in [3.63, 3.8) is 0 Å². The molecule has 0 aliphatic carbocycles. The molecule has 2 aromatic carbocycles. The van der Waals surface area contributed by atoms with Crippen LogP contribution in [0.25, 0.3) is 0 Å². The molecular weight excluding hydrogens is 508 g/mol. The van der Waals surface area contributed by atoms with Crippen LogP contribution in [0.5, 0.6) is 5.75 Å². The van der Waals surface area contributed by atoms with Crippen molar-refractivity contribution in [3.05, 3.63) is 59.2 Å². The van der Waals surface area contributed by atoms with Crippen molar-refractivity contribution in [2.45, 2.75) is 86.5 Å². The van der Waals surface area contributed by atoms with Gasteiger partial charge in [0.1, 0.15) is 5.75 Å². The van der Waals surface area contributed by atoms with Gasteiger partial charge in [-0.3, -0.25) is 4.99 Å². The van der Waals surface area contributed by atoms with Crippen LogP contribution in [0.3, 0.4) is 0 Å². The quantitative estimate of drug-likeness (QED) is 0.219. The maximum absolute atomic E-state index is 9.61. The number of benzene rings is 2. The molecule has 0 aliphatic rings. The minimum atomic E-state index is -2.09. The molecular formula is C27H42ClNOSn. The summed E-state index contributed by atoms with van der Waals surface area (Å²) in [6.45, 7) is 10.9. The molecule has 0 aliphatic heterocycles. The molecule has 2 aromatic rings. The molecule has 0 atom stereocenters. The van der Waals surface area contributed by atoms with Gasteiger partial charge in [0.05, 0.1) is 5.69 Å². The zero-order chi connectivity index (χ0) is 23.1. The Hall–Kier alpha value is -1.00. The number of halogens is 1. The fraction of sp³-hybridized carbons (Fsp3) is 0.519. The maximum Gasteiger partial charge on any atom is 0.124 e. The molecule has 2 nitrogen and oxygen atoms in total. The summed E-state index contributed by atoms with van der Waals surface area (Å²) >= 11 is -2.09. The Kier molecular flexibility index (Phi) is 14.2. The van der Waals surface area contributed by atoms with E-state index in [0.29, 0.717) is 0 Å². The number of phenols is 1. The molecule has 172 valence electrons. The largest absolute Gasteiger partial charge is 0.507 e. The smallest absolute Gasteiger partial charge is 0.124 e. The third-order valence-electron chi connectivity index (χ3n) is 5.43. The van der Waals surface area contributed by atoms with E-state index in [1.807, 2.05) is 38.1 Å². The number of aromatic hydroxyl groups is 1. The molecule has 0 saturated heterocycles. The van der Waals surface area contributed by atoms with Gasteiger partial charge in [-0.25, -0.2) is 0 Å². The summed E-state index contributed by atoms with van der Waals surface area (Å²) in [4.78, 5) is 4.37. The van der Waals surface area contributed by atoms with E-state index in [9.17, 15) is 5.11 Å². The van der Waals surface area contributed by atoms with Crippen molar-refractivity contribution in [2.24, 2.45) is 4.99 Å². The third kappa shape index (κ3) is 12.0. The summed E-state index contributed by atoms with van der Waals surface area (Å²) < 4.78 is 4.27. The van der Waals surface area contributed by atoms with Gasteiger partial charge >= 0.3 is 98.8 Å². The molecule has 0 spiro atoms. The van der Waals surface area contributed by atoms with Crippen molar-refractivity contribution in [1.29, 1.82) is 0 Å². The van der Waals surface area contributed by atoms with Crippen molar-refractivity contribution >= 4 is 38.1 Å². The van der Waals surface area contributed by atoms with Gasteiger partial charge in [0.15, 0.2) is 0 Å². The zero-order valence-electron chi connectivity index (χ0n) is 20.3. The topological polar surface area (TPSA) is 32.6 Å². The summed E-state index contributed by atoms with van der Waals surface area (Å²) in [5.74, 6) is 0.251. The van der Waals surface area contributed by atoms with Crippen LogP contribution in [-0.2, 0) is 0 Å². The SMILES string of the molecule is CCC[CH2][Sn]([Cl])([CH2]CCC)[CH2]CCC.Cc1cc(C)cc(N=Cc2ccccc2O)c1. The van der Waals surface area contributed by atoms with E-state index in [2.05, 4.69) is 31.8 Å². The molecule has 0 fully saturated rings. The number of aryl methyl sites for hydroxylation is 2. The van der Waals surface area contributed by atoms with E-state index in [4.69, 9.17) is 8.92 Å².